The van der Waals surface area contributed by atoms with Crippen LogP contribution in [0.4, 0.5) is 0 Å². The highest BCUT2D eigenvalue weighted by molar-refractivity contribution is 5.70. The summed E-state index contributed by atoms with van der Waals surface area (Å²) in [7, 11) is 5.95. The predicted octanol–water partition coefficient (Wildman–Crippen LogP) is 20.5. The molecule has 0 saturated heterocycles. The Bertz CT molecular complexity index is 1270. The molecule has 0 spiro atoms. The lowest BCUT2D eigenvalue weighted by atomic mass is 10.0. The number of quaternary nitrogens is 1. The highest BCUT2D eigenvalue weighted by Gasteiger charge is 2.22. The molecule has 0 fully saturated rings. The summed E-state index contributed by atoms with van der Waals surface area (Å²) in [6.07, 6.45) is 72.1. The molecule has 0 aliphatic rings. The molecule has 476 valence electrons. The van der Waals surface area contributed by atoms with Crippen molar-refractivity contribution in [2.24, 2.45) is 0 Å². The third-order valence-electron chi connectivity index (χ3n) is 16.6. The number of carbonyl (C=O) groups is 3. The smallest absolute Gasteiger partial charge is 0.306 e. The number of carboxylic acids is 1. The van der Waals surface area contributed by atoms with E-state index in [2.05, 4.69) is 13.8 Å². The van der Waals surface area contributed by atoms with Gasteiger partial charge in [-0.05, 0) is 12.8 Å². The van der Waals surface area contributed by atoms with Gasteiger partial charge in [-0.2, -0.15) is 0 Å². The summed E-state index contributed by atoms with van der Waals surface area (Å²) in [4.78, 5) is 37.4. The van der Waals surface area contributed by atoms with Gasteiger partial charge in [0.25, 0.3) is 0 Å². The van der Waals surface area contributed by atoms with Crippen molar-refractivity contribution in [3.8, 4) is 0 Å². The number of esters is 2. The first-order valence-corrected chi connectivity index (χ1v) is 35.7. The fourth-order valence-electron chi connectivity index (χ4n) is 11.1. The molecule has 0 saturated carbocycles. The Morgan fingerprint density at radius 3 is 0.800 bits per heavy atom. The fraction of sp³-hybridized carbons (Fsp3) is 0.958. The summed E-state index contributed by atoms with van der Waals surface area (Å²) in [5, 5.41) is 11.8. The van der Waals surface area contributed by atoms with Gasteiger partial charge in [0.1, 0.15) is 13.2 Å². The van der Waals surface area contributed by atoms with Gasteiger partial charge in [0, 0.05) is 12.8 Å². The van der Waals surface area contributed by atoms with Crippen LogP contribution in [0.15, 0.2) is 0 Å². The van der Waals surface area contributed by atoms with Gasteiger partial charge in [-0.15, -0.1) is 0 Å². The second kappa shape index (κ2) is 63.3. The standard InChI is InChI=1S/C71H139NO8/c1-6-8-10-12-14-16-18-20-22-24-25-26-27-28-29-30-31-32-33-34-35-36-37-38-39-40-41-42-43-44-46-48-50-52-54-56-58-60-62-69(74)80-67(66-79-71(70(75)76)77-64-63-72(3,4)5)65-78-68(73)61-59-57-55-53-51-49-47-45-23-21-19-17-15-13-11-9-7-2/h67,71H,6-66H2,1-5H3. The minimum atomic E-state index is -1.61. The lowest BCUT2D eigenvalue weighted by Crippen LogP contribution is -2.44. The van der Waals surface area contributed by atoms with Gasteiger partial charge in [-0.1, -0.05) is 354 Å². The fourth-order valence-corrected chi connectivity index (χ4v) is 11.1. The molecule has 2 atom stereocenters. The van der Waals surface area contributed by atoms with E-state index in [-0.39, 0.29) is 32.2 Å². The van der Waals surface area contributed by atoms with Crippen LogP contribution in [-0.4, -0.2) is 82.3 Å². The van der Waals surface area contributed by atoms with Crippen molar-refractivity contribution in [2.75, 3.05) is 47.5 Å². The van der Waals surface area contributed by atoms with Crippen LogP contribution in [0, 0.1) is 0 Å². The first kappa shape index (κ1) is 78.3. The van der Waals surface area contributed by atoms with E-state index in [0.29, 0.717) is 17.4 Å². The molecule has 9 heteroatoms. The van der Waals surface area contributed by atoms with Gasteiger partial charge in [0.15, 0.2) is 12.4 Å². The van der Waals surface area contributed by atoms with E-state index >= 15 is 0 Å². The van der Waals surface area contributed by atoms with E-state index in [0.717, 1.165) is 38.5 Å². The number of aliphatic carboxylic acids is 1. The number of carboxylic acid groups (broad SMARTS) is 1. The van der Waals surface area contributed by atoms with Crippen molar-refractivity contribution in [2.45, 2.75) is 392 Å². The monoisotopic (exact) mass is 1130 g/mol. The minimum absolute atomic E-state index is 0.153. The highest BCUT2D eigenvalue weighted by atomic mass is 16.7. The summed E-state index contributed by atoms with van der Waals surface area (Å²) >= 11 is 0. The van der Waals surface area contributed by atoms with Crippen molar-refractivity contribution >= 4 is 17.9 Å². The summed E-state index contributed by atoms with van der Waals surface area (Å²) in [5.74, 6) is -2.25. The molecular weight excluding hydrogens is 995 g/mol. The number of ether oxygens (including phenoxy) is 4. The Hall–Kier alpha value is -1.71. The third-order valence-corrected chi connectivity index (χ3v) is 16.6. The van der Waals surface area contributed by atoms with E-state index in [1.807, 2.05) is 21.1 Å². The average molecular weight is 1130 g/mol. The SMILES string of the molecule is CCCCCCCCCCCCCCCCCCCCCCCCCCCCCCCCCCCCCCCCC(=O)OC(COC(=O)CCCCCCCCCCCCCCCCCCC)COC(OCC[N+](C)(C)C)C(=O)[O-]. The van der Waals surface area contributed by atoms with Gasteiger partial charge in [-0.3, -0.25) is 9.59 Å². The Morgan fingerprint density at radius 1 is 0.325 bits per heavy atom. The molecule has 0 aliphatic heterocycles. The predicted molar refractivity (Wildman–Crippen MR) is 339 cm³/mol. The maximum atomic E-state index is 12.9. The van der Waals surface area contributed by atoms with Gasteiger partial charge < -0.3 is 33.3 Å². The van der Waals surface area contributed by atoms with Crippen LogP contribution >= 0.6 is 0 Å². The highest BCUT2D eigenvalue weighted by Crippen LogP contribution is 2.20. The third kappa shape index (κ3) is 63.9. The molecule has 0 amide bonds. The second-order valence-corrected chi connectivity index (χ2v) is 25.9. The maximum Gasteiger partial charge on any atom is 0.306 e. The van der Waals surface area contributed by atoms with Crippen LogP contribution in [0.5, 0.6) is 0 Å². The summed E-state index contributed by atoms with van der Waals surface area (Å²) < 4.78 is 22.8. The Balaban J connectivity index is 3.91. The zero-order valence-corrected chi connectivity index (χ0v) is 54.5. The molecule has 0 aromatic heterocycles. The van der Waals surface area contributed by atoms with Crippen LogP contribution in [0.3, 0.4) is 0 Å². The number of hydrogen-bond donors (Lipinski definition) is 0. The lowest BCUT2D eigenvalue weighted by molar-refractivity contribution is -0.870. The molecule has 0 heterocycles. The largest absolute Gasteiger partial charge is 0.545 e. The molecule has 0 rings (SSSR count). The molecule has 0 aromatic carbocycles. The molecule has 0 N–H and O–H groups in total. The van der Waals surface area contributed by atoms with E-state index in [1.165, 1.54) is 315 Å². The second-order valence-electron chi connectivity index (χ2n) is 25.9. The average Bonchev–Trinajstić information content (AvgIpc) is 3.43. The van der Waals surface area contributed by atoms with Crippen molar-refractivity contribution in [3.63, 3.8) is 0 Å². The quantitative estimate of drug-likeness (QED) is 0.0256. The van der Waals surface area contributed by atoms with Gasteiger partial charge in [-0.25, -0.2) is 0 Å². The van der Waals surface area contributed by atoms with Gasteiger partial charge in [0.05, 0.1) is 40.3 Å². The molecule has 2 unspecified atom stereocenters. The van der Waals surface area contributed by atoms with Crippen LogP contribution in [0.25, 0.3) is 0 Å². The van der Waals surface area contributed by atoms with Gasteiger partial charge in [0.2, 0.25) is 0 Å². The molecule has 9 nitrogen and oxygen atoms in total. The summed E-state index contributed by atoms with van der Waals surface area (Å²) in [6.45, 7) is 4.83. The number of hydrogen-bond acceptors (Lipinski definition) is 8. The Kier molecular flexibility index (Phi) is 62.0. The van der Waals surface area contributed by atoms with Crippen molar-refractivity contribution < 1.29 is 42.9 Å². The number of carbonyl (C=O) groups excluding carboxylic acids is 3. The van der Waals surface area contributed by atoms with Crippen LogP contribution in [0.2, 0.25) is 0 Å². The van der Waals surface area contributed by atoms with E-state index in [4.69, 9.17) is 18.9 Å². The number of rotatable bonds is 68. The van der Waals surface area contributed by atoms with Crippen LogP contribution in [-0.2, 0) is 33.3 Å². The molecule has 0 radical (unpaired) electrons. The normalized spacial score (nSPS) is 12.6. The minimum Gasteiger partial charge on any atom is -0.545 e. The van der Waals surface area contributed by atoms with Crippen LogP contribution in [0.1, 0.15) is 380 Å². The zero-order chi connectivity index (χ0) is 58.3. The van der Waals surface area contributed by atoms with Crippen molar-refractivity contribution in [1.29, 1.82) is 0 Å². The number of unbranched alkanes of at least 4 members (excludes halogenated alkanes) is 53. The molecular formula is C71H139NO8. The maximum absolute atomic E-state index is 12.9. The van der Waals surface area contributed by atoms with Crippen LogP contribution < -0.4 is 5.11 Å². The first-order valence-electron chi connectivity index (χ1n) is 35.7. The summed E-state index contributed by atoms with van der Waals surface area (Å²) in [5.41, 5.74) is 0. The summed E-state index contributed by atoms with van der Waals surface area (Å²) in [6, 6.07) is 0. The van der Waals surface area contributed by atoms with Crippen molar-refractivity contribution in [3.05, 3.63) is 0 Å². The number of likely N-dealkylation sites (N-methyl/N-ethyl adjacent to an activating group) is 1. The molecule has 0 bridgehead atoms. The lowest BCUT2D eigenvalue weighted by Gasteiger charge is -2.26. The Morgan fingerprint density at radius 2 is 0.562 bits per heavy atom. The van der Waals surface area contributed by atoms with Gasteiger partial charge >= 0.3 is 11.9 Å². The zero-order valence-electron chi connectivity index (χ0n) is 54.5. The van der Waals surface area contributed by atoms with E-state index < -0.39 is 24.3 Å². The number of nitrogens with zero attached hydrogens (tertiary/aromatic N) is 1. The molecule has 80 heavy (non-hydrogen) atoms. The first-order chi connectivity index (χ1) is 39.1. The van der Waals surface area contributed by atoms with E-state index in [9.17, 15) is 19.5 Å². The Labute approximate surface area is 498 Å². The van der Waals surface area contributed by atoms with Crippen molar-refractivity contribution in [1.82, 2.24) is 0 Å². The topological polar surface area (TPSA) is 111 Å². The van der Waals surface area contributed by atoms with E-state index in [1.54, 1.807) is 0 Å². The molecule has 0 aliphatic carbocycles. The molecule has 0 aromatic rings.